The van der Waals surface area contributed by atoms with Crippen LogP contribution in [-0.2, 0) is 19.1 Å². The highest BCUT2D eigenvalue weighted by Crippen LogP contribution is 2.50. The lowest BCUT2D eigenvalue weighted by Crippen LogP contribution is -2.54. The summed E-state index contributed by atoms with van der Waals surface area (Å²) in [5.41, 5.74) is 1.97. The Hall–Kier alpha value is -2.86. The summed E-state index contributed by atoms with van der Waals surface area (Å²) in [6.07, 6.45) is 4.47. The number of esters is 2. The fourth-order valence-corrected chi connectivity index (χ4v) is 4.70. The lowest BCUT2D eigenvalue weighted by Gasteiger charge is -2.43. The summed E-state index contributed by atoms with van der Waals surface area (Å²) in [6, 6.07) is 10.5. The highest BCUT2D eigenvalue weighted by atomic mass is 16.6. The van der Waals surface area contributed by atoms with Crippen molar-refractivity contribution in [2.75, 3.05) is 7.05 Å². The molecule has 0 radical (unpaired) electrons. The average molecular weight is 364 g/mol. The van der Waals surface area contributed by atoms with Crippen molar-refractivity contribution in [3.05, 3.63) is 53.9 Å². The maximum absolute atomic E-state index is 12.3. The minimum atomic E-state index is -1.03. The predicted octanol–water partition coefficient (Wildman–Crippen LogP) is 2.97. The standard InChI is InChI=1S/C21H20N2O4/c1-13-11-14-5-3-4-6-16(14)23(13)17-12-15-9-10-21(22(15)2)20(17)26-18(24)7-8-19(25)27-21/h3-8,11,15H,9-10,12H2,1-2H3/b8-7+. The fourth-order valence-electron chi connectivity index (χ4n) is 4.70. The molecule has 1 aromatic heterocycles. The number of fused-ring (bicyclic) bond motifs is 2. The minimum absolute atomic E-state index is 0.222. The van der Waals surface area contributed by atoms with Gasteiger partial charge in [0.1, 0.15) is 0 Å². The van der Waals surface area contributed by atoms with E-state index in [1.54, 1.807) is 0 Å². The van der Waals surface area contributed by atoms with Crippen LogP contribution in [0.5, 0.6) is 0 Å². The summed E-state index contributed by atoms with van der Waals surface area (Å²) in [5.74, 6) is -0.635. The first-order valence-corrected chi connectivity index (χ1v) is 9.16. The van der Waals surface area contributed by atoms with Crippen LogP contribution in [0.2, 0.25) is 0 Å². The molecule has 2 atom stereocenters. The van der Waals surface area contributed by atoms with Gasteiger partial charge in [0.05, 0.1) is 11.2 Å². The van der Waals surface area contributed by atoms with Gasteiger partial charge < -0.3 is 14.0 Å². The van der Waals surface area contributed by atoms with E-state index in [0.717, 1.165) is 47.3 Å². The number of benzene rings is 1. The molecule has 6 heteroatoms. The number of aryl methyl sites for hydroxylation is 1. The molecule has 5 rings (SSSR count). The molecule has 3 aliphatic heterocycles. The minimum Gasteiger partial charge on any atom is -0.433 e. The van der Waals surface area contributed by atoms with E-state index in [2.05, 4.69) is 22.8 Å². The van der Waals surface area contributed by atoms with Crippen LogP contribution < -0.4 is 0 Å². The van der Waals surface area contributed by atoms with Gasteiger partial charge in [-0.2, -0.15) is 0 Å². The molecule has 1 saturated heterocycles. The molecule has 2 unspecified atom stereocenters. The van der Waals surface area contributed by atoms with E-state index in [9.17, 15) is 9.59 Å². The Morgan fingerprint density at radius 1 is 1.15 bits per heavy atom. The van der Waals surface area contributed by atoms with Gasteiger partial charge in [0.2, 0.25) is 5.72 Å². The van der Waals surface area contributed by atoms with Crippen LogP contribution in [0, 0.1) is 6.92 Å². The molecule has 138 valence electrons. The van der Waals surface area contributed by atoms with E-state index in [4.69, 9.17) is 9.47 Å². The topological polar surface area (TPSA) is 60.8 Å². The van der Waals surface area contributed by atoms with Gasteiger partial charge in [-0.1, -0.05) is 18.2 Å². The molecule has 6 nitrogen and oxygen atoms in total. The number of carbonyl (C=O) groups is 2. The number of rotatable bonds is 1. The van der Waals surface area contributed by atoms with E-state index in [0.29, 0.717) is 12.2 Å². The lowest BCUT2D eigenvalue weighted by molar-refractivity contribution is -0.178. The highest BCUT2D eigenvalue weighted by molar-refractivity contribution is 5.94. The van der Waals surface area contributed by atoms with Gasteiger partial charge in [-0.25, -0.2) is 9.59 Å². The first-order valence-electron chi connectivity index (χ1n) is 9.16. The van der Waals surface area contributed by atoms with Crippen molar-refractivity contribution in [3.63, 3.8) is 0 Å². The van der Waals surface area contributed by atoms with Gasteiger partial charge in [0.15, 0.2) is 5.76 Å². The third-order valence-electron chi connectivity index (χ3n) is 5.97. The van der Waals surface area contributed by atoms with Crippen LogP contribution in [0.1, 0.15) is 25.0 Å². The molecule has 2 bridgehead atoms. The number of ether oxygens (including phenoxy) is 2. The van der Waals surface area contributed by atoms with Crippen molar-refractivity contribution in [1.82, 2.24) is 9.47 Å². The number of nitrogens with zero attached hydrogens (tertiary/aromatic N) is 2. The summed E-state index contributed by atoms with van der Waals surface area (Å²) < 4.78 is 13.8. The molecule has 27 heavy (non-hydrogen) atoms. The third kappa shape index (κ3) is 2.23. The lowest BCUT2D eigenvalue weighted by atomic mass is 10.0. The molecular weight excluding hydrogens is 344 g/mol. The quantitative estimate of drug-likeness (QED) is 0.728. The van der Waals surface area contributed by atoms with Crippen LogP contribution >= 0.6 is 0 Å². The Morgan fingerprint density at radius 2 is 1.93 bits per heavy atom. The van der Waals surface area contributed by atoms with Crippen LogP contribution in [-0.4, -0.2) is 40.2 Å². The molecule has 1 spiro atoms. The van der Waals surface area contributed by atoms with Crippen molar-refractivity contribution in [2.45, 2.75) is 38.0 Å². The summed E-state index contributed by atoms with van der Waals surface area (Å²) in [7, 11) is 1.93. The first-order chi connectivity index (χ1) is 13.0. The van der Waals surface area contributed by atoms with Crippen molar-refractivity contribution in [1.29, 1.82) is 0 Å². The van der Waals surface area contributed by atoms with Crippen molar-refractivity contribution < 1.29 is 19.1 Å². The maximum Gasteiger partial charge on any atom is 0.336 e. The van der Waals surface area contributed by atoms with Gasteiger partial charge in [-0.05, 0) is 32.5 Å². The van der Waals surface area contributed by atoms with Crippen LogP contribution in [0.4, 0.5) is 0 Å². The molecule has 2 aromatic rings. The SMILES string of the molecule is Cc1cc2ccccc2n1C1=C2OC(=O)/C=C/C(=O)OC23CCC(C1)N3C. The maximum atomic E-state index is 12.3. The van der Waals surface area contributed by atoms with Gasteiger partial charge in [-0.3, -0.25) is 4.90 Å². The van der Waals surface area contributed by atoms with E-state index in [-0.39, 0.29) is 6.04 Å². The second-order valence-corrected chi connectivity index (χ2v) is 7.42. The molecule has 3 aliphatic rings. The Balaban J connectivity index is 1.81. The second kappa shape index (κ2) is 5.57. The third-order valence-corrected chi connectivity index (χ3v) is 5.97. The number of likely N-dealkylation sites (N-methyl/N-ethyl adjacent to an activating group) is 1. The Morgan fingerprint density at radius 3 is 2.78 bits per heavy atom. The Kier molecular flexibility index (Phi) is 3.37. The van der Waals surface area contributed by atoms with Gasteiger partial charge in [0.25, 0.3) is 0 Å². The van der Waals surface area contributed by atoms with E-state index in [1.807, 2.05) is 31.0 Å². The summed E-state index contributed by atoms with van der Waals surface area (Å²) >= 11 is 0. The molecule has 0 N–H and O–H groups in total. The highest BCUT2D eigenvalue weighted by Gasteiger charge is 2.57. The van der Waals surface area contributed by atoms with Gasteiger partial charge >= 0.3 is 11.9 Å². The molecule has 1 aromatic carbocycles. The molecule has 0 aliphatic carbocycles. The van der Waals surface area contributed by atoms with Crippen molar-refractivity contribution >= 4 is 28.5 Å². The molecule has 0 saturated carbocycles. The van der Waals surface area contributed by atoms with E-state index in [1.165, 1.54) is 0 Å². The monoisotopic (exact) mass is 364 g/mol. The Labute approximate surface area is 156 Å². The van der Waals surface area contributed by atoms with Crippen LogP contribution in [0.25, 0.3) is 16.6 Å². The molecule has 1 fully saturated rings. The number of aromatic nitrogens is 1. The zero-order valence-corrected chi connectivity index (χ0v) is 15.3. The summed E-state index contributed by atoms with van der Waals surface area (Å²) in [6.45, 7) is 2.04. The van der Waals surface area contributed by atoms with Crippen LogP contribution in [0.15, 0.2) is 48.2 Å². The smallest absolute Gasteiger partial charge is 0.336 e. The predicted molar refractivity (Wildman–Crippen MR) is 99.3 cm³/mol. The first kappa shape index (κ1) is 16.3. The molecule has 0 amide bonds. The van der Waals surface area contributed by atoms with Crippen molar-refractivity contribution in [2.24, 2.45) is 0 Å². The zero-order valence-electron chi connectivity index (χ0n) is 15.3. The van der Waals surface area contributed by atoms with Gasteiger partial charge in [0, 0.05) is 42.1 Å². The van der Waals surface area contributed by atoms with Gasteiger partial charge in [-0.15, -0.1) is 0 Å². The average Bonchev–Trinajstić information content (AvgIpc) is 3.07. The largest absolute Gasteiger partial charge is 0.433 e. The second-order valence-electron chi connectivity index (χ2n) is 7.42. The summed E-state index contributed by atoms with van der Waals surface area (Å²) in [4.78, 5) is 26.6. The molecule has 4 heterocycles. The van der Waals surface area contributed by atoms with E-state index >= 15 is 0 Å². The van der Waals surface area contributed by atoms with E-state index < -0.39 is 17.7 Å². The number of para-hydroxylation sites is 1. The number of carbonyl (C=O) groups excluding carboxylic acids is 2. The fraction of sp³-hybridized carbons (Fsp3) is 0.333. The molecular formula is C21H20N2O4. The van der Waals surface area contributed by atoms with Crippen LogP contribution in [0.3, 0.4) is 0 Å². The zero-order chi connectivity index (χ0) is 18.8. The van der Waals surface area contributed by atoms with Crippen molar-refractivity contribution in [3.8, 4) is 0 Å². The number of hydrogen-bond donors (Lipinski definition) is 0. The number of hydrogen-bond acceptors (Lipinski definition) is 5. The normalized spacial score (nSPS) is 29.2. The Bertz CT molecular complexity index is 1050. The summed E-state index contributed by atoms with van der Waals surface area (Å²) in [5, 5.41) is 1.12.